The third-order valence-corrected chi connectivity index (χ3v) is 1.85. The van der Waals surface area contributed by atoms with Gasteiger partial charge in [0.05, 0.1) is 0 Å². The molecule has 11 heavy (non-hydrogen) atoms. The Kier molecular flexibility index (Phi) is 2.26. The van der Waals surface area contributed by atoms with Gasteiger partial charge in [-0.1, -0.05) is 29.3 Å². The van der Waals surface area contributed by atoms with E-state index >= 15 is 0 Å². The van der Waals surface area contributed by atoms with Crippen LogP contribution < -0.4 is 0 Å². The van der Waals surface area contributed by atoms with Crippen LogP contribution in [0.1, 0.15) is 8.30 Å². The number of rotatable bonds is 2. The molecule has 0 unspecified atom stereocenters. The lowest BCUT2D eigenvalue weighted by molar-refractivity contribution is 0.299. The quantitative estimate of drug-likeness (QED) is 0.765. The number of aliphatic hydroxyl groups is 1. The molecule has 0 atom stereocenters. The van der Waals surface area contributed by atoms with Crippen molar-refractivity contribution in [3.05, 3.63) is 33.8 Å². The van der Waals surface area contributed by atoms with Gasteiger partial charge in [0.1, 0.15) is 0 Å². The summed E-state index contributed by atoms with van der Waals surface area (Å²) in [5.41, 5.74) is 0.140. The van der Waals surface area contributed by atoms with E-state index in [1.54, 1.807) is 6.07 Å². The van der Waals surface area contributed by atoms with E-state index in [0.29, 0.717) is 0 Å². The first-order valence-corrected chi connectivity index (χ1v) is 3.80. The minimum Gasteiger partial charge on any atom is -0.396 e. The van der Waals surface area contributed by atoms with Crippen molar-refractivity contribution in [3.8, 4) is 0 Å². The first kappa shape index (κ1) is 6.30. The highest BCUT2D eigenvalue weighted by Gasteiger charge is 2.02. The Balaban J connectivity index is 3.28. The van der Waals surface area contributed by atoms with Crippen LogP contribution in [0, 0.1) is 0 Å². The van der Waals surface area contributed by atoms with E-state index in [4.69, 9.17) is 31.0 Å². The van der Waals surface area contributed by atoms with Gasteiger partial charge in [-0.25, -0.2) is 0 Å². The van der Waals surface area contributed by atoms with Crippen LogP contribution in [-0.2, 0) is 6.37 Å². The van der Waals surface area contributed by atoms with Crippen LogP contribution in [-0.4, -0.2) is 11.7 Å². The maximum Gasteiger partial charge on any atom is 0.0472 e. The van der Waals surface area contributed by atoms with Crippen LogP contribution in [0.25, 0.3) is 0 Å². The van der Waals surface area contributed by atoms with Crippen molar-refractivity contribution >= 4 is 23.2 Å². The van der Waals surface area contributed by atoms with Crippen molar-refractivity contribution in [3.63, 3.8) is 0 Å². The third kappa shape index (κ3) is 2.09. The Hall–Kier alpha value is -0.240. The van der Waals surface area contributed by atoms with E-state index in [9.17, 15) is 0 Å². The summed E-state index contributed by atoms with van der Waals surface area (Å²) in [4.78, 5) is 0. The molecule has 0 amide bonds. The standard InChI is InChI=1S/C8H8Cl2O/c9-7-2-1-3-8(10)6(7)4-5-11/h1-3,11H,4-5H2/i4D2. The van der Waals surface area contributed by atoms with E-state index in [1.165, 1.54) is 12.1 Å². The fourth-order valence-electron chi connectivity index (χ4n) is 0.746. The van der Waals surface area contributed by atoms with Crippen molar-refractivity contribution in [1.82, 2.24) is 0 Å². The molecule has 1 aromatic rings. The van der Waals surface area contributed by atoms with Crippen LogP contribution in [0.15, 0.2) is 18.2 Å². The molecule has 0 radical (unpaired) electrons. The number of hydrogen-bond donors (Lipinski definition) is 1. The summed E-state index contributed by atoms with van der Waals surface area (Å²) in [5, 5.41) is 9.26. The van der Waals surface area contributed by atoms with E-state index in [1.807, 2.05) is 0 Å². The second-order valence-corrected chi connectivity index (χ2v) is 2.75. The lowest BCUT2D eigenvalue weighted by Gasteiger charge is -2.03. The maximum atomic E-state index is 8.80. The van der Waals surface area contributed by atoms with Gasteiger partial charge in [0.15, 0.2) is 0 Å². The molecule has 1 nitrogen and oxygen atoms in total. The van der Waals surface area contributed by atoms with E-state index in [-0.39, 0.29) is 15.6 Å². The minimum atomic E-state index is -1.89. The second-order valence-electron chi connectivity index (χ2n) is 1.93. The van der Waals surface area contributed by atoms with E-state index in [2.05, 4.69) is 0 Å². The number of hydrogen-bond acceptors (Lipinski definition) is 1. The summed E-state index contributed by atoms with van der Waals surface area (Å²) in [5.74, 6) is 0. The molecular formula is C8H8Cl2O. The van der Waals surface area contributed by atoms with Crippen LogP contribution in [0.2, 0.25) is 10.0 Å². The molecule has 1 rings (SSSR count). The second kappa shape index (κ2) is 3.96. The summed E-state index contributed by atoms with van der Waals surface area (Å²) < 4.78 is 14.9. The molecular weight excluding hydrogens is 183 g/mol. The number of halogens is 2. The number of benzene rings is 1. The van der Waals surface area contributed by atoms with Gasteiger partial charge >= 0.3 is 0 Å². The zero-order valence-electron chi connectivity index (χ0n) is 7.64. The van der Waals surface area contributed by atoms with Crippen LogP contribution in [0.4, 0.5) is 0 Å². The highest BCUT2D eigenvalue weighted by molar-refractivity contribution is 6.35. The molecule has 0 aromatic heterocycles. The molecule has 0 saturated carbocycles. The fraction of sp³-hybridized carbons (Fsp3) is 0.250. The van der Waals surface area contributed by atoms with Gasteiger partial charge in [-0.15, -0.1) is 0 Å². The third-order valence-electron chi connectivity index (χ3n) is 1.22. The monoisotopic (exact) mass is 192 g/mol. The van der Waals surface area contributed by atoms with Crippen molar-refractivity contribution in [2.75, 3.05) is 6.61 Å². The highest BCUT2D eigenvalue weighted by Crippen LogP contribution is 2.24. The highest BCUT2D eigenvalue weighted by atomic mass is 35.5. The summed E-state index contributed by atoms with van der Waals surface area (Å²) in [6, 6.07) is 4.70. The van der Waals surface area contributed by atoms with Gasteiger partial charge in [-0.3, -0.25) is 0 Å². The normalized spacial score (nSPS) is 14.1. The van der Waals surface area contributed by atoms with Crippen molar-refractivity contribution in [2.24, 2.45) is 0 Å². The summed E-state index contributed by atoms with van der Waals surface area (Å²) in [7, 11) is 0. The van der Waals surface area contributed by atoms with Crippen LogP contribution >= 0.6 is 23.2 Å². The zero-order chi connectivity index (χ0) is 10.1. The molecule has 0 spiro atoms. The molecule has 3 heteroatoms. The van der Waals surface area contributed by atoms with Crippen LogP contribution in [0.5, 0.6) is 0 Å². The first-order chi connectivity index (χ1) is 5.99. The maximum absolute atomic E-state index is 8.80. The molecule has 1 aromatic carbocycles. The number of aliphatic hydroxyl groups excluding tert-OH is 1. The molecule has 0 aliphatic heterocycles. The summed E-state index contributed by atoms with van der Waals surface area (Å²) in [6.07, 6.45) is -1.89. The largest absolute Gasteiger partial charge is 0.396 e. The molecule has 1 N–H and O–H groups in total. The Labute approximate surface area is 78.4 Å². The lowest BCUT2D eigenvalue weighted by atomic mass is 10.2. The molecule has 60 valence electrons. The predicted molar refractivity (Wildman–Crippen MR) is 47.3 cm³/mol. The predicted octanol–water partition coefficient (Wildman–Crippen LogP) is 2.53. The van der Waals surface area contributed by atoms with Gasteiger partial charge in [-0.05, 0) is 24.1 Å². The van der Waals surface area contributed by atoms with Crippen LogP contribution in [0.3, 0.4) is 0 Å². The molecule has 0 bridgehead atoms. The molecule has 0 heterocycles. The van der Waals surface area contributed by atoms with Gasteiger partial charge in [0.2, 0.25) is 0 Å². The smallest absolute Gasteiger partial charge is 0.0472 e. The Morgan fingerprint density at radius 2 is 1.91 bits per heavy atom. The average Bonchev–Trinajstić information content (AvgIpc) is 2.03. The summed E-state index contributed by atoms with van der Waals surface area (Å²) >= 11 is 11.5. The summed E-state index contributed by atoms with van der Waals surface area (Å²) in [6.45, 7) is -0.642. The van der Waals surface area contributed by atoms with E-state index in [0.717, 1.165) is 0 Å². The molecule has 0 saturated heterocycles. The Bertz CT molecular complexity index is 295. The topological polar surface area (TPSA) is 20.2 Å². The van der Waals surface area contributed by atoms with E-state index < -0.39 is 13.0 Å². The Morgan fingerprint density at radius 3 is 2.36 bits per heavy atom. The van der Waals surface area contributed by atoms with Crippen molar-refractivity contribution in [1.29, 1.82) is 0 Å². The Morgan fingerprint density at radius 1 is 1.36 bits per heavy atom. The zero-order valence-corrected chi connectivity index (χ0v) is 7.15. The first-order valence-electron chi connectivity index (χ1n) is 4.04. The molecule has 0 aliphatic carbocycles. The molecule has 0 fully saturated rings. The van der Waals surface area contributed by atoms with Gasteiger partial charge in [0.25, 0.3) is 0 Å². The minimum absolute atomic E-state index is 0.140. The lowest BCUT2D eigenvalue weighted by Crippen LogP contribution is -1.92. The van der Waals surface area contributed by atoms with Crippen molar-refractivity contribution in [2.45, 2.75) is 6.37 Å². The van der Waals surface area contributed by atoms with Gasteiger partial charge in [-0.2, -0.15) is 0 Å². The molecule has 0 aliphatic rings. The van der Waals surface area contributed by atoms with Crippen molar-refractivity contribution < 1.29 is 7.85 Å². The fourth-order valence-corrected chi connectivity index (χ4v) is 1.28. The average molecular weight is 193 g/mol. The van der Waals surface area contributed by atoms with Gasteiger partial charge in [0, 0.05) is 19.4 Å². The van der Waals surface area contributed by atoms with Gasteiger partial charge < -0.3 is 5.11 Å². The SMILES string of the molecule is [2H]C([2H])(CO)c1c(Cl)cccc1Cl.